The van der Waals surface area contributed by atoms with E-state index in [9.17, 15) is 14.9 Å². The molecule has 2 aromatic rings. The van der Waals surface area contributed by atoms with Gasteiger partial charge in [-0.3, -0.25) is 14.9 Å². The average Bonchev–Trinajstić information content (AvgIpc) is 2.78. The number of nitro groups is 1. The summed E-state index contributed by atoms with van der Waals surface area (Å²) in [4.78, 5) is 33.1. The molecule has 0 saturated heterocycles. The first kappa shape index (κ1) is 26.3. The first-order chi connectivity index (χ1) is 16.2. The molecule has 0 aliphatic heterocycles. The van der Waals surface area contributed by atoms with Crippen LogP contribution in [0.15, 0.2) is 59.8 Å². The van der Waals surface area contributed by atoms with Crippen molar-refractivity contribution in [2.24, 2.45) is 16.1 Å². The second-order valence-corrected chi connectivity index (χ2v) is 7.02. The molecule has 2 aromatic carbocycles. The molecule has 0 bridgehead atoms. The van der Waals surface area contributed by atoms with Crippen LogP contribution in [0.25, 0.3) is 0 Å². The van der Waals surface area contributed by atoms with Crippen molar-refractivity contribution in [2.45, 2.75) is 6.92 Å². The third-order valence-corrected chi connectivity index (χ3v) is 4.55. The van der Waals surface area contributed by atoms with Gasteiger partial charge in [0.2, 0.25) is 5.91 Å². The van der Waals surface area contributed by atoms with E-state index in [-0.39, 0.29) is 28.1 Å². The fourth-order valence-electron chi connectivity index (χ4n) is 2.93. The summed E-state index contributed by atoms with van der Waals surface area (Å²) in [6.45, 7) is 9.79. The van der Waals surface area contributed by atoms with Gasteiger partial charge < -0.3 is 19.8 Å². The van der Waals surface area contributed by atoms with Gasteiger partial charge in [0.15, 0.2) is 11.4 Å². The van der Waals surface area contributed by atoms with E-state index >= 15 is 0 Å². The van der Waals surface area contributed by atoms with Crippen LogP contribution in [0.2, 0.25) is 5.02 Å². The molecule has 0 aliphatic rings. The summed E-state index contributed by atoms with van der Waals surface area (Å²) in [6.07, 6.45) is 3.41. The van der Waals surface area contributed by atoms with Gasteiger partial charge in [-0.25, -0.2) is 0 Å². The lowest BCUT2D eigenvalue weighted by molar-refractivity contribution is -0.384. The Bertz CT molecular complexity index is 1110. The predicted molar refractivity (Wildman–Crippen MR) is 128 cm³/mol. The smallest absolute Gasteiger partial charge is 0.302 e. The second kappa shape index (κ2) is 12.3. The van der Waals surface area contributed by atoms with Gasteiger partial charge in [-0.2, -0.15) is 5.90 Å². The maximum atomic E-state index is 11.8. The highest BCUT2D eigenvalue weighted by Crippen LogP contribution is 2.43. The highest BCUT2D eigenvalue weighted by atomic mass is 35.5. The number of hydrogen-bond acceptors (Lipinski definition) is 10. The van der Waals surface area contributed by atoms with E-state index in [1.54, 1.807) is 18.2 Å². The third kappa shape index (κ3) is 6.51. The van der Waals surface area contributed by atoms with Crippen LogP contribution in [-0.2, 0) is 9.78 Å². The number of rotatable bonds is 12. The Hall–Kier alpha value is -4.00. The quantitative estimate of drug-likeness (QED) is 0.138. The monoisotopic (exact) mass is 490 g/mol. The van der Waals surface area contributed by atoms with Gasteiger partial charge in [-0.15, -0.1) is 23.4 Å². The van der Waals surface area contributed by atoms with Crippen molar-refractivity contribution >= 4 is 45.9 Å². The maximum Gasteiger partial charge on any atom is 0.302 e. The van der Waals surface area contributed by atoms with Crippen LogP contribution >= 0.6 is 11.6 Å². The Morgan fingerprint density at radius 2 is 1.94 bits per heavy atom. The van der Waals surface area contributed by atoms with Crippen LogP contribution < -0.4 is 25.7 Å². The predicted octanol–water partition coefficient (Wildman–Crippen LogP) is 4.99. The van der Waals surface area contributed by atoms with Crippen molar-refractivity contribution in [2.75, 3.05) is 30.4 Å². The van der Waals surface area contributed by atoms with Gasteiger partial charge in [0.25, 0.3) is 0 Å². The molecule has 0 atom stereocenters. The number of carbonyl (C=O) groups excluding carboxylic acids is 1. The fourth-order valence-corrected chi connectivity index (χ4v) is 3.17. The highest BCUT2D eigenvalue weighted by molar-refractivity contribution is 6.33. The minimum atomic E-state index is -0.718. The summed E-state index contributed by atoms with van der Waals surface area (Å²) in [7, 11) is 1.47. The number of azo groups is 1. The molecule has 13 heteroatoms. The Labute approximate surface area is 200 Å². The number of hydrogen-bond donors (Lipinski definition) is 2. The minimum Gasteiger partial charge on any atom is -0.494 e. The zero-order valence-corrected chi connectivity index (χ0v) is 19.2. The molecule has 180 valence electrons. The molecule has 0 unspecified atom stereocenters. The molecule has 0 aromatic heterocycles. The van der Waals surface area contributed by atoms with Gasteiger partial charge in [-0.1, -0.05) is 28.7 Å². The van der Waals surface area contributed by atoms with E-state index in [1.165, 1.54) is 26.2 Å². The van der Waals surface area contributed by atoms with Crippen LogP contribution in [0.3, 0.4) is 0 Å². The molecule has 1 amide bonds. The van der Waals surface area contributed by atoms with Crippen LogP contribution in [0.5, 0.6) is 11.5 Å². The number of amides is 1. The molecule has 0 saturated carbocycles. The molecule has 0 spiro atoms. The van der Waals surface area contributed by atoms with E-state index in [0.29, 0.717) is 30.2 Å². The number of nitrogens with one attached hydrogen (secondary N) is 1. The van der Waals surface area contributed by atoms with Crippen LogP contribution in [0.1, 0.15) is 6.92 Å². The normalized spacial score (nSPS) is 10.6. The number of anilines is 2. The lowest BCUT2D eigenvalue weighted by atomic mass is 10.2. The first-order valence-corrected chi connectivity index (χ1v) is 10.0. The van der Waals surface area contributed by atoms with Crippen LogP contribution in [0.4, 0.5) is 28.4 Å². The van der Waals surface area contributed by atoms with Crippen molar-refractivity contribution < 1.29 is 24.3 Å². The number of nitro benzene ring substituents is 1. The Morgan fingerprint density at radius 1 is 1.26 bits per heavy atom. The third-order valence-electron chi connectivity index (χ3n) is 4.26. The number of nitrogens with two attached hydrogens (primary N) is 1. The standard InChI is InChI=1S/C21H23ClN6O6/c1-5-7-27(8-6-2)18-11-16(24-13(3)29)17(12-20(18)32-4)25-26-21-15(22)9-14(33-34-23)10-19(21)28(30)31/h5-6,9-12H,1-2,7-8,23H2,3-4H3,(H,24,29). The topological polar surface area (TPSA) is 154 Å². The number of benzene rings is 2. The van der Waals surface area contributed by atoms with E-state index in [0.717, 1.165) is 6.07 Å². The molecule has 3 N–H and O–H groups in total. The van der Waals surface area contributed by atoms with Gasteiger partial charge in [0.1, 0.15) is 11.4 Å². The van der Waals surface area contributed by atoms with E-state index < -0.39 is 10.6 Å². The molecule has 34 heavy (non-hydrogen) atoms. The molecule has 0 heterocycles. The van der Waals surface area contributed by atoms with Gasteiger partial charge in [-0.05, 0) is 6.07 Å². The SMILES string of the molecule is C=CCN(CC=C)c1cc(NC(C)=O)c(N=Nc2c(Cl)cc(OON)cc2[N+](=O)[O-])cc1OC. The van der Waals surface area contributed by atoms with Crippen molar-refractivity contribution in [1.29, 1.82) is 0 Å². The van der Waals surface area contributed by atoms with E-state index in [2.05, 4.69) is 38.6 Å². The molecule has 12 nitrogen and oxygen atoms in total. The maximum absolute atomic E-state index is 11.8. The van der Waals surface area contributed by atoms with Gasteiger partial charge in [0.05, 0.1) is 34.5 Å². The molecule has 0 aliphatic carbocycles. The molecular weight excluding hydrogens is 468 g/mol. The Morgan fingerprint density at radius 3 is 2.47 bits per heavy atom. The van der Waals surface area contributed by atoms with Crippen molar-refractivity contribution in [3.05, 3.63) is 64.7 Å². The number of carbonyl (C=O) groups is 1. The summed E-state index contributed by atoms with van der Waals surface area (Å²) >= 11 is 6.15. The summed E-state index contributed by atoms with van der Waals surface area (Å²) in [6, 6.07) is 5.42. The fraction of sp³-hybridized carbons (Fsp3) is 0.190. The van der Waals surface area contributed by atoms with E-state index in [4.69, 9.17) is 22.2 Å². The average molecular weight is 491 g/mol. The Kier molecular flexibility index (Phi) is 9.49. The second-order valence-electron chi connectivity index (χ2n) is 6.61. The van der Waals surface area contributed by atoms with E-state index in [1.807, 2.05) is 4.90 Å². The first-order valence-electron chi connectivity index (χ1n) is 9.65. The van der Waals surface area contributed by atoms with Crippen LogP contribution in [-0.4, -0.2) is 31.0 Å². The van der Waals surface area contributed by atoms with Crippen molar-refractivity contribution in [3.8, 4) is 11.5 Å². The lowest BCUT2D eigenvalue weighted by Gasteiger charge is -2.25. The summed E-state index contributed by atoms with van der Waals surface area (Å²) in [5.74, 6) is 4.77. The molecular formula is C21H23ClN6O6. The highest BCUT2D eigenvalue weighted by Gasteiger charge is 2.21. The molecule has 0 fully saturated rings. The number of halogens is 1. The summed E-state index contributed by atoms with van der Waals surface area (Å²) < 4.78 is 5.50. The van der Waals surface area contributed by atoms with Crippen molar-refractivity contribution in [1.82, 2.24) is 0 Å². The van der Waals surface area contributed by atoms with Gasteiger partial charge >= 0.3 is 5.69 Å². The zero-order chi connectivity index (χ0) is 25.3. The summed E-state index contributed by atoms with van der Waals surface area (Å²) in [5.41, 5.74) is 0.352. The molecule has 2 rings (SSSR count). The lowest BCUT2D eigenvalue weighted by Crippen LogP contribution is -2.24. The zero-order valence-electron chi connectivity index (χ0n) is 18.5. The van der Waals surface area contributed by atoms with Crippen LogP contribution in [0, 0.1) is 10.1 Å². The van der Waals surface area contributed by atoms with Crippen molar-refractivity contribution in [3.63, 3.8) is 0 Å². The molecule has 0 radical (unpaired) electrons. The number of nitrogens with zero attached hydrogens (tertiary/aromatic N) is 4. The largest absolute Gasteiger partial charge is 0.494 e. The number of ether oxygens (including phenoxy) is 1. The number of methoxy groups -OCH3 is 1. The summed E-state index contributed by atoms with van der Waals surface area (Å²) in [5, 5.41) is 22.1. The van der Waals surface area contributed by atoms with Gasteiger partial charge in [0, 0.05) is 32.1 Å². The Balaban J connectivity index is 2.64. The minimum absolute atomic E-state index is 0.104.